The van der Waals surface area contributed by atoms with Crippen molar-refractivity contribution in [3.63, 3.8) is 0 Å². The average Bonchev–Trinajstić information content (AvgIpc) is 3.41. The van der Waals surface area contributed by atoms with Crippen LogP contribution in [0.1, 0.15) is 37.4 Å². The Morgan fingerprint density at radius 1 is 1.30 bits per heavy atom. The van der Waals surface area contributed by atoms with E-state index in [1.54, 1.807) is 28.0 Å². The number of likely N-dealkylation sites (tertiary alicyclic amines) is 1. The summed E-state index contributed by atoms with van der Waals surface area (Å²) in [6.07, 6.45) is 2.13. The highest BCUT2D eigenvalue weighted by Gasteiger charge is 2.31. The van der Waals surface area contributed by atoms with Crippen molar-refractivity contribution < 1.29 is 19.5 Å². The topological polar surface area (TPSA) is 103 Å². The standard InChI is InChI=1S/C18H18N4O4S/c23-16(11-2-1-3-13(8-11)22-7-5-19-18(22)26)21-6-4-12(10-21)15-20-9-14(27-15)17(24)25/h1-3,8-9,12H,4-7,10H2,(H,19,26)(H,24,25). The van der Waals surface area contributed by atoms with Crippen LogP contribution in [0.15, 0.2) is 30.5 Å². The Hall–Kier alpha value is -2.94. The van der Waals surface area contributed by atoms with Gasteiger partial charge < -0.3 is 15.3 Å². The first kappa shape index (κ1) is 17.5. The second kappa shape index (κ2) is 6.99. The number of carbonyl (C=O) groups excluding carboxylic acids is 2. The molecule has 0 radical (unpaired) electrons. The SMILES string of the molecule is O=C(O)c1cnc(C2CCN(C(=O)c3cccc(N4CCNC4=O)c3)C2)s1. The Kier molecular flexibility index (Phi) is 4.53. The van der Waals surface area contributed by atoms with Crippen LogP contribution in [0.25, 0.3) is 0 Å². The summed E-state index contributed by atoms with van der Waals surface area (Å²) in [6, 6.07) is 6.93. The van der Waals surface area contributed by atoms with Crippen LogP contribution in [-0.2, 0) is 0 Å². The summed E-state index contributed by atoms with van der Waals surface area (Å²) in [6.45, 7) is 2.29. The van der Waals surface area contributed by atoms with Crippen molar-refractivity contribution >= 4 is 34.9 Å². The highest BCUT2D eigenvalue weighted by Crippen LogP contribution is 2.31. The molecule has 3 heterocycles. The molecule has 0 saturated carbocycles. The molecular weight excluding hydrogens is 368 g/mol. The number of thiazole rings is 1. The predicted octanol–water partition coefficient (Wildman–Crippen LogP) is 2.00. The molecule has 0 spiro atoms. The zero-order valence-corrected chi connectivity index (χ0v) is 15.2. The molecule has 8 nitrogen and oxygen atoms in total. The number of anilines is 1. The second-order valence-corrected chi connectivity index (χ2v) is 7.60. The lowest BCUT2D eigenvalue weighted by Gasteiger charge is -2.19. The molecule has 2 aromatic rings. The van der Waals surface area contributed by atoms with E-state index in [1.165, 1.54) is 17.5 Å². The van der Waals surface area contributed by atoms with E-state index >= 15 is 0 Å². The van der Waals surface area contributed by atoms with Crippen molar-refractivity contribution in [3.05, 3.63) is 45.9 Å². The van der Waals surface area contributed by atoms with Crippen molar-refractivity contribution in [2.45, 2.75) is 12.3 Å². The summed E-state index contributed by atoms with van der Waals surface area (Å²) >= 11 is 1.17. The summed E-state index contributed by atoms with van der Waals surface area (Å²) in [4.78, 5) is 43.5. The normalized spacial score (nSPS) is 19.4. The zero-order chi connectivity index (χ0) is 19.0. The Morgan fingerprint density at radius 3 is 2.85 bits per heavy atom. The van der Waals surface area contributed by atoms with E-state index in [0.717, 1.165) is 11.4 Å². The Morgan fingerprint density at radius 2 is 2.15 bits per heavy atom. The molecule has 0 bridgehead atoms. The van der Waals surface area contributed by atoms with E-state index in [4.69, 9.17) is 5.11 Å². The number of rotatable bonds is 4. The van der Waals surface area contributed by atoms with Gasteiger partial charge in [-0.3, -0.25) is 9.69 Å². The molecular formula is C18H18N4O4S. The number of urea groups is 1. The van der Waals surface area contributed by atoms with Crippen LogP contribution in [0.2, 0.25) is 0 Å². The third-order valence-electron chi connectivity index (χ3n) is 4.82. The number of carboxylic acid groups (broad SMARTS) is 1. The number of benzene rings is 1. The van der Waals surface area contributed by atoms with Crippen LogP contribution in [0.5, 0.6) is 0 Å². The van der Waals surface area contributed by atoms with Gasteiger partial charge in [-0.1, -0.05) is 6.07 Å². The van der Waals surface area contributed by atoms with E-state index in [0.29, 0.717) is 37.4 Å². The number of nitrogens with one attached hydrogen (secondary N) is 1. The molecule has 1 unspecified atom stereocenters. The zero-order valence-electron chi connectivity index (χ0n) is 14.4. The number of nitrogens with zero attached hydrogens (tertiary/aromatic N) is 3. The molecule has 2 saturated heterocycles. The maximum Gasteiger partial charge on any atom is 0.347 e. The van der Waals surface area contributed by atoms with Crippen LogP contribution in [0, 0.1) is 0 Å². The first-order valence-electron chi connectivity index (χ1n) is 8.66. The number of aromatic carboxylic acids is 1. The number of hydrogen-bond acceptors (Lipinski definition) is 5. The Balaban J connectivity index is 1.47. The van der Waals surface area contributed by atoms with Crippen molar-refractivity contribution in [2.24, 2.45) is 0 Å². The van der Waals surface area contributed by atoms with Gasteiger partial charge in [0.1, 0.15) is 4.88 Å². The van der Waals surface area contributed by atoms with Crippen molar-refractivity contribution in [1.29, 1.82) is 0 Å². The fourth-order valence-corrected chi connectivity index (χ4v) is 4.31. The molecule has 2 aliphatic heterocycles. The van der Waals surface area contributed by atoms with E-state index in [2.05, 4.69) is 10.3 Å². The molecule has 3 amide bonds. The lowest BCUT2D eigenvalue weighted by atomic mass is 10.1. The van der Waals surface area contributed by atoms with Crippen LogP contribution in [0.4, 0.5) is 10.5 Å². The number of carboxylic acids is 1. The maximum absolute atomic E-state index is 12.9. The van der Waals surface area contributed by atoms with Gasteiger partial charge in [-0.2, -0.15) is 0 Å². The number of aromatic nitrogens is 1. The molecule has 1 atom stereocenters. The Labute approximate surface area is 159 Å². The third-order valence-corrected chi connectivity index (χ3v) is 5.97. The minimum Gasteiger partial charge on any atom is -0.477 e. The van der Waals surface area contributed by atoms with E-state index in [-0.39, 0.29) is 22.7 Å². The maximum atomic E-state index is 12.9. The predicted molar refractivity (Wildman–Crippen MR) is 99.5 cm³/mol. The quantitative estimate of drug-likeness (QED) is 0.837. The fraction of sp³-hybridized carbons (Fsp3) is 0.333. The highest BCUT2D eigenvalue weighted by atomic mass is 32.1. The smallest absolute Gasteiger partial charge is 0.347 e. The van der Waals surface area contributed by atoms with E-state index in [9.17, 15) is 14.4 Å². The highest BCUT2D eigenvalue weighted by molar-refractivity contribution is 7.13. The van der Waals surface area contributed by atoms with Gasteiger partial charge >= 0.3 is 12.0 Å². The van der Waals surface area contributed by atoms with Crippen molar-refractivity contribution in [3.8, 4) is 0 Å². The number of amides is 3. The minimum atomic E-state index is -0.979. The van der Waals surface area contributed by atoms with E-state index < -0.39 is 5.97 Å². The van der Waals surface area contributed by atoms with Gasteiger partial charge in [0.15, 0.2) is 0 Å². The van der Waals surface area contributed by atoms with Crippen LogP contribution >= 0.6 is 11.3 Å². The lowest BCUT2D eigenvalue weighted by molar-refractivity contribution is 0.0701. The molecule has 27 heavy (non-hydrogen) atoms. The van der Waals surface area contributed by atoms with Crippen molar-refractivity contribution in [1.82, 2.24) is 15.2 Å². The summed E-state index contributed by atoms with van der Waals surface area (Å²) < 4.78 is 0. The van der Waals surface area contributed by atoms with Crippen LogP contribution in [0.3, 0.4) is 0 Å². The van der Waals surface area contributed by atoms with Gasteiger partial charge in [-0.25, -0.2) is 14.6 Å². The molecule has 9 heteroatoms. The van der Waals surface area contributed by atoms with Crippen molar-refractivity contribution in [2.75, 3.05) is 31.1 Å². The average molecular weight is 386 g/mol. The Bertz CT molecular complexity index is 912. The summed E-state index contributed by atoms with van der Waals surface area (Å²) in [5, 5.41) is 12.5. The summed E-state index contributed by atoms with van der Waals surface area (Å²) in [5.74, 6) is -1.01. The van der Waals surface area contributed by atoms with Gasteiger partial charge in [0.05, 0.1) is 11.2 Å². The van der Waals surface area contributed by atoms with Gasteiger partial charge in [0, 0.05) is 43.3 Å². The molecule has 2 N–H and O–H groups in total. The molecule has 4 rings (SSSR count). The minimum absolute atomic E-state index is 0.0552. The monoisotopic (exact) mass is 386 g/mol. The summed E-state index contributed by atoms with van der Waals surface area (Å²) in [5.41, 5.74) is 1.25. The van der Waals surface area contributed by atoms with Crippen LogP contribution in [-0.4, -0.2) is 59.1 Å². The van der Waals surface area contributed by atoms with Gasteiger partial charge in [0.25, 0.3) is 5.91 Å². The molecule has 2 aliphatic rings. The first-order valence-corrected chi connectivity index (χ1v) is 9.48. The second-order valence-electron chi connectivity index (χ2n) is 6.54. The van der Waals surface area contributed by atoms with E-state index in [1.807, 2.05) is 6.07 Å². The van der Waals surface area contributed by atoms with Gasteiger partial charge in [-0.05, 0) is 24.6 Å². The molecule has 1 aromatic heterocycles. The van der Waals surface area contributed by atoms with Crippen LogP contribution < -0.4 is 10.2 Å². The molecule has 1 aromatic carbocycles. The largest absolute Gasteiger partial charge is 0.477 e. The lowest BCUT2D eigenvalue weighted by Crippen LogP contribution is -2.30. The molecule has 140 valence electrons. The molecule has 2 fully saturated rings. The van der Waals surface area contributed by atoms with Gasteiger partial charge in [-0.15, -0.1) is 11.3 Å². The fourth-order valence-electron chi connectivity index (χ4n) is 3.43. The summed E-state index contributed by atoms with van der Waals surface area (Å²) in [7, 11) is 0. The third kappa shape index (κ3) is 3.37. The molecule has 0 aliphatic carbocycles. The number of hydrogen-bond donors (Lipinski definition) is 2. The first-order chi connectivity index (χ1) is 13.0. The van der Waals surface area contributed by atoms with Gasteiger partial charge in [0.2, 0.25) is 0 Å². The number of carbonyl (C=O) groups is 3.